The number of hydrogen-bond acceptors (Lipinski definition) is 4. The number of nitrogens with one attached hydrogen (secondary N) is 1. The van der Waals surface area contributed by atoms with Crippen LogP contribution in [0.25, 0.3) is 0 Å². The number of rotatable bonds is 4. The van der Waals surface area contributed by atoms with Crippen molar-refractivity contribution < 1.29 is 14.1 Å². The molecule has 5 nitrogen and oxygen atoms in total. The maximum absolute atomic E-state index is 13.3. The van der Waals surface area contributed by atoms with Gasteiger partial charge in [-0.3, -0.25) is 10.1 Å². The molecule has 1 aromatic carbocycles. The van der Waals surface area contributed by atoms with Gasteiger partial charge in [-0.2, -0.15) is 0 Å². The van der Waals surface area contributed by atoms with Crippen LogP contribution in [0.2, 0.25) is 0 Å². The predicted molar refractivity (Wildman–Crippen MR) is 71.8 cm³/mol. The Morgan fingerprint density at radius 3 is 2.79 bits per heavy atom. The first-order chi connectivity index (χ1) is 9.08. The molecule has 0 aromatic heterocycles. The van der Waals surface area contributed by atoms with Crippen molar-refractivity contribution in [3.05, 3.63) is 32.5 Å². The highest BCUT2D eigenvalue weighted by atomic mass is 79.9. The largest absolute Gasteiger partial charge is 0.486 e. The molecule has 0 saturated carbocycles. The fourth-order valence-corrected chi connectivity index (χ4v) is 2.35. The Balaban J connectivity index is 2.09. The van der Waals surface area contributed by atoms with E-state index in [2.05, 4.69) is 21.2 Å². The Labute approximate surface area is 118 Å². The molecule has 1 N–H and O–H groups in total. The highest BCUT2D eigenvalue weighted by Gasteiger charge is 2.21. The number of ether oxygens (including phenoxy) is 1. The van der Waals surface area contributed by atoms with E-state index >= 15 is 0 Å². The first-order valence-electron chi connectivity index (χ1n) is 6.05. The van der Waals surface area contributed by atoms with Crippen LogP contribution < -0.4 is 10.1 Å². The molecule has 0 unspecified atom stereocenters. The molecule has 0 bridgehead atoms. The van der Waals surface area contributed by atoms with Gasteiger partial charge in [-0.25, -0.2) is 4.39 Å². The van der Waals surface area contributed by atoms with Gasteiger partial charge in [-0.1, -0.05) is 0 Å². The highest BCUT2D eigenvalue weighted by Crippen LogP contribution is 2.33. The molecule has 7 heteroatoms. The van der Waals surface area contributed by atoms with E-state index in [-0.39, 0.29) is 15.9 Å². The summed E-state index contributed by atoms with van der Waals surface area (Å²) in [7, 11) is 0. The monoisotopic (exact) mass is 332 g/mol. The first kappa shape index (κ1) is 14.2. The van der Waals surface area contributed by atoms with Crippen molar-refractivity contribution in [3.8, 4) is 5.75 Å². The van der Waals surface area contributed by atoms with Crippen molar-refractivity contribution in [1.29, 1.82) is 0 Å². The number of nitro groups is 1. The summed E-state index contributed by atoms with van der Waals surface area (Å²) in [6, 6.07) is 2.19. The van der Waals surface area contributed by atoms with E-state index in [0.29, 0.717) is 12.5 Å². The third-order valence-electron chi connectivity index (χ3n) is 3.13. The maximum Gasteiger partial charge on any atom is 0.313 e. The van der Waals surface area contributed by atoms with Crippen LogP contribution in [0.3, 0.4) is 0 Å². The third-order valence-corrected chi connectivity index (χ3v) is 3.74. The molecule has 1 fully saturated rings. The normalized spacial score (nSPS) is 16.3. The quantitative estimate of drug-likeness (QED) is 0.680. The topological polar surface area (TPSA) is 64.4 Å². The van der Waals surface area contributed by atoms with E-state index in [4.69, 9.17) is 4.74 Å². The second-order valence-electron chi connectivity index (χ2n) is 4.50. The Morgan fingerprint density at radius 1 is 1.47 bits per heavy atom. The summed E-state index contributed by atoms with van der Waals surface area (Å²) in [5, 5.41) is 14.1. The Morgan fingerprint density at radius 2 is 2.16 bits per heavy atom. The fraction of sp³-hybridized carbons (Fsp3) is 0.500. The zero-order valence-corrected chi connectivity index (χ0v) is 11.8. The number of hydrogen-bond donors (Lipinski definition) is 1. The maximum atomic E-state index is 13.3. The summed E-state index contributed by atoms with van der Waals surface area (Å²) in [4.78, 5) is 10.2. The van der Waals surface area contributed by atoms with E-state index in [9.17, 15) is 14.5 Å². The average Bonchev–Trinajstić information content (AvgIpc) is 2.40. The van der Waals surface area contributed by atoms with Gasteiger partial charge in [0.1, 0.15) is 5.82 Å². The lowest BCUT2D eigenvalue weighted by atomic mass is 9.99. The average molecular weight is 333 g/mol. The molecular weight excluding hydrogens is 319 g/mol. The summed E-state index contributed by atoms with van der Waals surface area (Å²) >= 11 is 3.01. The molecule has 1 heterocycles. The second kappa shape index (κ2) is 6.29. The van der Waals surface area contributed by atoms with E-state index in [0.717, 1.165) is 32.0 Å². The lowest BCUT2D eigenvalue weighted by Crippen LogP contribution is -2.30. The first-order valence-corrected chi connectivity index (χ1v) is 6.84. The van der Waals surface area contributed by atoms with Gasteiger partial charge in [0, 0.05) is 6.07 Å². The van der Waals surface area contributed by atoms with E-state index in [1.807, 2.05) is 0 Å². The van der Waals surface area contributed by atoms with E-state index < -0.39 is 10.7 Å². The molecule has 19 heavy (non-hydrogen) atoms. The lowest BCUT2D eigenvalue weighted by molar-refractivity contribution is -0.386. The number of piperidine rings is 1. The molecule has 1 aromatic rings. The van der Waals surface area contributed by atoms with Crippen LogP contribution in [0.1, 0.15) is 12.8 Å². The number of benzene rings is 1. The Hall–Kier alpha value is -1.21. The SMILES string of the molecule is O=[N+]([O-])c1cc(F)c(Br)cc1OCC1CCNCC1. The summed E-state index contributed by atoms with van der Waals surface area (Å²) < 4.78 is 19.0. The van der Waals surface area contributed by atoms with Crippen molar-refractivity contribution in [1.82, 2.24) is 5.32 Å². The van der Waals surface area contributed by atoms with Gasteiger partial charge in [0.25, 0.3) is 0 Å². The van der Waals surface area contributed by atoms with Gasteiger partial charge in [0.05, 0.1) is 22.1 Å². The minimum atomic E-state index is -0.666. The lowest BCUT2D eigenvalue weighted by Gasteiger charge is -2.22. The van der Waals surface area contributed by atoms with Crippen molar-refractivity contribution >= 4 is 21.6 Å². The van der Waals surface area contributed by atoms with Crippen LogP contribution in [0.4, 0.5) is 10.1 Å². The molecule has 0 spiro atoms. The van der Waals surface area contributed by atoms with Gasteiger partial charge in [0.2, 0.25) is 0 Å². The molecule has 1 aliphatic heterocycles. The Bertz CT molecular complexity index is 478. The molecule has 0 atom stereocenters. The van der Waals surface area contributed by atoms with Gasteiger partial charge >= 0.3 is 5.69 Å². The van der Waals surface area contributed by atoms with Crippen LogP contribution in [0, 0.1) is 21.8 Å². The summed E-state index contributed by atoms with van der Waals surface area (Å²) in [6.07, 6.45) is 1.96. The molecule has 2 rings (SSSR count). The van der Waals surface area contributed by atoms with Gasteiger partial charge in [-0.05, 0) is 47.8 Å². The smallest absolute Gasteiger partial charge is 0.313 e. The number of halogens is 2. The van der Waals surface area contributed by atoms with Gasteiger partial charge in [0.15, 0.2) is 5.75 Å². The van der Waals surface area contributed by atoms with Crippen LogP contribution in [-0.4, -0.2) is 24.6 Å². The number of nitrogens with zero attached hydrogens (tertiary/aromatic N) is 1. The molecule has 104 valence electrons. The predicted octanol–water partition coefficient (Wildman–Crippen LogP) is 2.87. The van der Waals surface area contributed by atoms with E-state index in [1.54, 1.807) is 0 Å². The van der Waals surface area contributed by atoms with Crippen molar-refractivity contribution in [2.45, 2.75) is 12.8 Å². The molecule has 0 amide bonds. The molecular formula is C12H14BrFN2O3. The van der Waals surface area contributed by atoms with Crippen LogP contribution in [0.15, 0.2) is 16.6 Å². The minimum absolute atomic E-state index is 0.108. The van der Waals surface area contributed by atoms with Crippen molar-refractivity contribution in [2.24, 2.45) is 5.92 Å². The molecule has 1 saturated heterocycles. The summed E-state index contributed by atoms with van der Waals surface area (Å²) in [5.74, 6) is -0.178. The standard InChI is InChI=1S/C12H14BrFN2O3/c13-9-5-12(11(16(17)18)6-10(9)14)19-7-8-1-3-15-4-2-8/h5-6,8,15H,1-4,7H2. The minimum Gasteiger partial charge on any atom is -0.486 e. The summed E-state index contributed by atoms with van der Waals surface area (Å²) in [5.41, 5.74) is -0.338. The van der Waals surface area contributed by atoms with Crippen molar-refractivity contribution in [2.75, 3.05) is 19.7 Å². The summed E-state index contributed by atoms with van der Waals surface area (Å²) in [6.45, 7) is 2.28. The van der Waals surface area contributed by atoms with Gasteiger partial charge in [-0.15, -0.1) is 0 Å². The van der Waals surface area contributed by atoms with Crippen molar-refractivity contribution in [3.63, 3.8) is 0 Å². The third kappa shape index (κ3) is 3.63. The highest BCUT2D eigenvalue weighted by molar-refractivity contribution is 9.10. The molecule has 1 aliphatic rings. The Kier molecular flexibility index (Phi) is 4.71. The molecule has 0 aliphatic carbocycles. The van der Waals surface area contributed by atoms with Gasteiger partial charge < -0.3 is 10.1 Å². The molecule has 0 radical (unpaired) electrons. The van der Waals surface area contributed by atoms with Crippen LogP contribution >= 0.6 is 15.9 Å². The second-order valence-corrected chi connectivity index (χ2v) is 5.35. The zero-order valence-electron chi connectivity index (χ0n) is 10.2. The fourth-order valence-electron chi connectivity index (χ4n) is 2.03. The number of nitro benzene ring substituents is 1. The zero-order chi connectivity index (χ0) is 13.8. The van der Waals surface area contributed by atoms with Crippen LogP contribution in [0.5, 0.6) is 5.75 Å². The van der Waals surface area contributed by atoms with Crippen LogP contribution in [-0.2, 0) is 0 Å². The van der Waals surface area contributed by atoms with E-state index in [1.165, 1.54) is 6.07 Å².